The average Bonchev–Trinajstić information content (AvgIpc) is 2.94. The molecule has 0 spiro atoms. The SMILES string of the molecule is NCCc1sc(-c2cccnc2)nc1-c1ccncc1. The predicted molar refractivity (Wildman–Crippen MR) is 81.3 cm³/mol. The first-order valence-electron chi connectivity index (χ1n) is 6.39. The van der Waals surface area contributed by atoms with E-state index in [0.29, 0.717) is 6.54 Å². The molecule has 0 atom stereocenters. The van der Waals surface area contributed by atoms with E-state index in [1.165, 1.54) is 4.88 Å². The molecule has 0 aromatic carbocycles. The van der Waals surface area contributed by atoms with Crippen LogP contribution >= 0.6 is 11.3 Å². The third kappa shape index (κ3) is 2.59. The maximum Gasteiger partial charge on any atom is 0.125 e. The Hall–Kier alpha value is -2.11. The van der Waals surface area contributed by atoms with Crippen LogP contribution in [0.15, 0.2) is 49.1 Å². The summed E-state index contributed by atoms with van der Waals surface area (Å²) in [5.41, 5.74) is 8.83. The topological polar surface area (TPSA) is 64.7 Å². The van der Waals surface area contributed by atoms with E-state index in [-0.39, 0.29) is 0 Å². The van der Waals surface area contributed by atoms with Crippen LogP contribution in [-0.4, -0.2) is 21.5 Å². The van der Waals surface area contributed by atoms with Gasteiger partial charge in [0, 0.05) is 40.8 Å². The Morgan fingerprint density at radius 3 is 2.55 bits per heavy atom. The van der Waals surface area contributed by atoms with Crippen molar-refractivity contribution in [3.8, 4) is 21.8 Å². The fourth-order valence-corrected chi connectivity index (χ4v) is 3.09. The van der Waals surface area contributed by atoms with Gasteiger partial charge in [0.1, 0.15) is 5.01 Å². The zero-order valence-corrected chi connectivity index (χ0v) is 11.7. The van der Waals surface area contributed by atoms with Crippen molar-refractivity contribution in [3.63, 3.8) is 0 Å². The summed E-state index contributed by atoms with van der Waals surface area (Å²) in [7, 11) is 0. The summed E-state index contributed by atoms with van der Waals surface area (Å²) < 4.78 is 0. The molecule has 4 nitrogen and oxygen atoms in total. The van der Waals surface area contributed by atoms with Crippen LogP contribution in [0.3, 0.4) is 0 Å². The highest BCUT2D eigenvalue weighted by Crippen LogP contribution is 2.33. The number of pyridine rings is 2. The molecular weight excluding hydrogens is 268 g/mol. The first kappa shape index (κ1) is 12.9. The molecule has 3 rings (SSSR count). The maximum absolute atomic E-state index is 5.71. The molecule has 0 bridgehead atoms. The van der Waals surface area contributed by atoms with Gasteiger partial charge in [-0.3, -0.25) is 9.97 Å². The van der Waals surface area contributed by atoms with Crippen molar-refractivity contribution >= 4 is 11.3 Å². The second-order valence-electron chi connectivity index (χ2n) is 4.31. The fraction of sp³-hybridized carbons (Fsp3) is 0.133. The second-order valence-corrected chi connectivity index (χ2v) is 5.39. The number of aromatic nitrogens is 3. The van der Waals surface area contributed by atoms with Gasteiger partial charge in [-0.25, -0.2) is 4.98 Å². The van der Waals surface area contributed by atoms with Gasteiger partial charge >= 0.3 is 0 Å². The van der Waals surface area contributed by atoms with Gasteiger partial charge in [-0.1, -0.05) is 0 Å². The van der Waals surface area contributed by atoms with Crippen LogP contribution in [-0.2, 0) is 6.42 Å². The molecular formula is C15H14N4S. The highest BCUT2D eigenvalue weighted by Gasteiger charge is 2.13. The van der Waals surface area contributed by atoms with E-state index < -0.39 is 0 Å². The largest absolute Gasteiger partial charge is 0.330 e. The summed E-state index contributed by atoms with van der Waals surface area (Å²) in [6.45, 7) is 0.618. The third-order valence-electron chi connectivity index (χ3n) is 2.93. The Morgan fingerprint density at radius 1 is 1.00 bits per heavy atom. The van der Waals surface area contributed by atoms with Gasteiger partial charge in [0.2, 0.25) is 0 Å². The van der Waals surface area contributed by atoms with Gasteiger partial charge in [0.25, 0.3) is 0 Å². The quantitative estimate of drug-likeness (QED) is 0.799. The summed E-state index contributed by atoms with van der Waals surface area (Å²) in [4.78, 5) is 14.2. The number of nitrogens with zero attached hydrogens (tertiary/aromatic N) is 3. The van der Waals surface area contributed by atoms with Gasteiger partial charge in [0.05, 0.1) is 5.69 Å². The molecule has 5 heteroatoms. The molecule has 20 heavy (non-hydrogen) atoms. The van der Waals surface area contributed by atoms with Crippen LogP contribution in [0, 0.1) is 0 Å². The van der Waals surface area contributed by atoms with Crippen molar-refractivity contribution in [1.29, 1.82) is 0 Å². The Kier molecular flexibility index (Phi) is 3.80. The van der Waals surface area contributed by atoms with Crippen LogP contribution in [0.5, 0.6) is 0 Å². The standard InChI is InChI=1S/C15H14N4S/c16-6-3-13-14(11-4-8-17-9-5-11)19-15(20-13)12-2-1-7-18-10-12/h1-2,4-5,7-10H,3,6,16H2. The lowest BCUT2D eigenvalue weighted by Crippen LogP contribution is -2.02. The Labute approximate surface area is 121 Å². The molecule has 0 unspecified atom stereocenters. The van der Waals surface area contributed by atoms with E-state index in [4.69, 9.17) is 10.7 Å². The molecule has 0 amide bonds. The minimum atomic E-state index is 0.618. The lowest BCUT2D eigenvalue weighted by atomic mass is 10.1. The van der Waals surface area contributed by atoms with Crippen LogP contribution < -0.4 is 5.73 Å². The lowest BCUT2D eigenvalue weighted by Gasteiger charge is -1.99. The average molecular weight is 282 g/mol. The van der Waals surface area contributed by atoms with E-state index in [0.717, 1.165) is 28.2 Å². The minimum absolute atomic E-state index is 0.618. The zero-order valence-electron chi connectivity index (χ0n) is 10.9. The number of thiazole rings is 1. The molecule has 0 saturated heterocycles. The molecule has 3 heterocycles. The monoisotopic (exact) mass is 282 g/mol. The molecule has 2 N–H and O–H groups in total. The first-order chi connectivity index (χ1) is 9.88. The smallest absolute Gasteiger partial charge is 0.125 e. The Morgan fingerprint density at radius 2 is 1.85 bits per heavy atom. The van der Waals surface area contributed by atoms with E-state index >= 15 is 0 Å². The fourth-order valence-electron chi connectivity index (χ4n) is 2.00. The maximum atomic E-state index is 5.71. The van der Waals surface area contributed by atoms with Crippen molar-refractivity contribution in [2.75, 3.05) is 6.54 Å². The molecule has 0 radical (unpaired) electrons. The van der Waals surface area contributed by atoms with E-state index in [1.807, 2.05) is 30.5 Å². The summed E-state index contributed by atoms with van der Waals surface area (Å²) in [5, 5.41) is 0.980. The lowest BCUT2D eigenvalue weighted by molar-refractivity contribution is 0.986. The Balaban J connectivity index is 2.08. The third-order valence-corrected chi connectivity index (χ3v) is 4.10. The van der Waals surface area contributed by atoms with E-state index in [9.17, 15) is 0 Å². The predicted octanol–water partition coefficient (Wildman–Crippen LogP) is 2.77. The second kappa shape index (κ2) is 5.90. The number of rotatable bonds is 4. The van der Waals surface area contributed by atoms with Gasteiger partial charge in [0.15, 0.2) is 0 Å². The number of nitrogens with two attached hydrogens (primary N) is 1. The summed E-state index contributed by atoms with van der Waals surface area (Å²) in [5.74, 6) is 0. The number of hydrogen-bond acceptors (Lipinski definition) is 5. The van der Waals surface area contributed by atoms with Crippen molar-refractivity contribution in [3.05, 3.63) is 53.9 Å². The van der Waals surface area contributed by atoms with Crippen LogP contribution in [0.2, 0.25) is 0 Å². The zero-order chi connectivity index (χ0) is 13.8. The highest BCUT2D eigenvalue weighted by molar-refractivity contribution is 7.15. The number of hydrogen-bond donors (Lipinski definition) is 1. The molecule has 0 aliphatic heterocycles. The van der Waals surface area contributed by atoms with Crippen molar-refractivity contribution in [2.45, 2.75) is 6.42 Å². The Bertz CT molecular complexity index is 680. The molecule has 0 fully saturated rings. The van der Waals surface area contributed by atoms with E-state index in [1.54, 1.807) is 29.9 Å². The normalized spacial score (nSPS) is 10.7. The van der Waals surface area contributed by atoms with Gasteiger partial charge in [-0.15, -0.1) is 11.3 Å². The summed E-state index contributed by atoms with van der Waals surface area (Å²) in [6.07, 6.45) is 7.99. The van der Waals surface area contributed by atoms with Crippen LogP contribution in [0.25, 0.3) is 21.8 Å². The van der Waals surface area contributed by atoms with Crippen molar-refractivity contribution < 1.29 is 0 Å². The molecule has 3 aromatic heterocycles. The van der Waals surface area contributed by atoms with Crippen molar-refractivity contribution in [1.82, 2.24) is 15.0 Å². The first-order valence-corrected chi connectivity index (χ1v) is 7.20. The molecule has 0 aliphatic rings. The molecule has 100 valence electrons. The molecule has 0 aliphatic carbocycles. The molecule has 0 saturated carbocycles. The van der Waals surface area contributed by atoms with Crippen LogP contribution in [0.1, 0.15) is 4.88 Å². The van der Waals surface area contributed by atoms with Crippen molar-refractivity contribution in [2.24, 2.45) is 5.73 Å². The highest BCUT2D eigenvalue weighted by atomic mass is 32.1. The van der Waals surface area contributed by atoms with Crippen LogP contribution in [0.4, 0.5) is 0 Å². The molecule has 3 aromatic rings. The van der Waals surface area contributed by atoms with Gasteiger partial charge < -0.3 is 5.73 Å². The summed E-state index contributed by atoms with van der Waals surface area (Å²) >= 11 is 1.68. The minimum Gasteiger partial charge on any atom is -0.330 e. The summed E-state index contributed by atoms with van der Waals surface area (Å²) in [6, 6.07) is 7.89. The van der Waals surface area contributed by atoms with Gasteiger partial charge in [-0.2, -0.15) is 0 Å². The van der Waals surface area contributed by atoms with Gasteiger partial charge in [-0.05, 0) is 37.2 Å². The van der Waals surface area contributed by atoms with E-state index in [2.05, 4.69) is 9.97 Å².